The first-order valence-electron chi connectivity index (χ1n) is 4.32. The fourth-order valence-electron chi connectivity index (χ4n) is 1.30. The molecule has 1 aliphatic rings. The SMILES string of the molecule is CCN(CC)C[C@@H]1CCN1. The molecule has 0 aromatic carbocycles. The lowest BCUT2D eigenvalue weighted by molar-refractivity contribution is 0.224. The van der Waals surface area contributed by atoms with Gasteiger partial charge in [-0.1, -0.05) is 13.8 Å². The van der Waals surface area contributed by atoms with E-state index in [2.05, 4.69) is 24.1 Å². The number of nitrogens with zero attached hydrogens (tertiary/aromatic N) is 1. The van der Waals surface area contributed by atoms with Gasteiger partial charge in [0, 0.05) is 12.6 Å². The van der Waals surface area contributed by atoms with E-state index in [4.69, 9.17) is 0 Å². The Morgan fingerprint density at radius 3 is 2.30 bits per heavy atom. The van der Waals surface area contributed by atoms with Crippen molar-refractivity contribution >= 4 is 0 Å². The van der Waals surface area contributed by atoms with Gasteiger partial charge >= 0.3 is 0 Å². The second-order valence-electron chi connectivity index (χ2n) is 2.93. The summed E-state index contributed by atoms with van der Waals surface area (Å²) >= 11 is 0. The minimum Gasteiger partial charge on any atom is -0.313 e. The van der Waals surface area contributed by atoms with E-state index in [1.807, 2.05) is 0 Å². The smallest absolute Gasteiger partial charge is 0.0207 e. The topological polar surface area (TPSA) is 15.3 Å². The normalized spacial score (nSPS) is 24.9. The van der Waals surface area contributed by atoms with Crippen LogP contribution in [0.25, 0.3) is 0 Å². The molecule has 1 heterocycles. The van der Waals surface area contributed by atoms with E-state index in [0.717, 1.165) is 6.04 Å². The first-order chi connectivity index (χ1) is 4.86. The molecule has 1 atom stereocenters. The average molecular weight is 142 g/mol. The van der Waals surface area contributed by atoms with Crippen LogP contribution in [-0.4, -0.2) is 37.1 Å². The van der Waals surface area contributed by atoms with E-state index >= 15 is 0 Å². The van der Waals surface area contributed by atoms with Crippen molar-refractivity contribution in [2.24, 2.45) is 0 Å². The second-order valence-corrected chi connectivity index (χ2v) is 2.93. The summed E-state index contributed by atoms with van der Waals surface area (Å²) in [6.45, 7) is 9.30. The van der Waals surface area contributed by atoms with Crippen LogP contribution in [0.15, 0.2) is 0 Å². The number of likely N-dealkylation sites (N-methyl/N-ethyl adjacent to an activating group) is 1. The number of nitrogens with one attached hydrogen (secondary N) is 1. The molecule has 0 radical (unpaired) electrons. The van der Waals surface area contributed by atoms with Gasteiger partial charge in [-0.15, -0.1) is 0 Å². The molecule has 0 aromatic rings. The molecule has 1 saturated heterocycles. The Balaban J connectivity index is 2.08. The van der Waals surface area contributed by atoms with E-state index in [-0.39, 0.29) is 0 Å². The van der Waals surface area contributed by atoms with Gasteiger partial charge in [0.15, 0.2) is 0 Å². The molecule has 2 heteroatoms. The molecule has 0 spiro atoms. The van der Waals surface area contributed by atoms with Gasteiger partial charge in [-0.3, -0.25) is 0 Å². The molecular formula is C8H18N2. The lowest BCUT2D eigenvalue weighted by atomic mass is 10.1. The molecule has 2 nitrogen and oxygen atoms in total. The van der Waals surface area contributed by atoms with Gasteiger partial charge in [0.05, 0.1) is 0 Å². The Labute approximate surface area is 63.6 Å². The molecule has 1 fully saturated rings. The van der Waals surface area contributed by atoms with Crippen molar-refractivity contribution in [3.8, 4) is 0 Å². The van der Waals surface area contributed by atoms with Gasteiger partial charge in [-0.2, -0.15) is 0 Å². The Kier molecular flexibility index (Phi) is 3.16. The van der Waals surface area contributed by atoms with Crippen LogP contribution >= 0.6 is 0 Å². The standard InChI is InChI=1S/C8H18N2/c1-3-10(4-2)7-8-5-6-9-8/h8-9H,3-7H2,1-2H3/t8-/m0/s1. The van der Waals surface area contributed by atoms with Crippen LogP contribution in [0.5, 0.6) is 0 Å². The van der Waals surface area contributed by atoms with Crippen LogP contribution in [0.3, 0.4) is 0 Å². The van der Waals surface area contributed by atoms with Crippen molar-refractivity contribution in [1.29, 1.82) is 0 Å². The molecule has 0 unspecified atom stereocenters. The Hall–Kier alpha value is -0.0800. The average Bonchev–Trinajstić information content (AvgIpc) is 1.87. The summed E-state index contributed by atoms with van der Waals surface area (Å²) in [7, 11) is 0. The molecular weight excluding hydrogens is 124 g/mol. The summed E-state index contributed by atoms with van der Waals surface area (Å²) in [6, 6.07) is 0.792. The zero-order valence-electron chi connectivity index (χ0n) is 7.06. The summed E-state index contributed by atoms with van der Waals surface area (Å²) in [5.41, 5.74) is 0. The first-order valence-corrected chi connectivity index (χ1v) is 4.32. The van der Waals surface area contributed by atoms with Crippen molar-refractivity contribution in [2.75, 3.05) is 26.2 Å². The highest BCUT2D eigenvalue weighted by Crippen LogP contribution is 2.03. The van der Waals surface area contributed by atoms with Crippen molar-refractivity contribution in [3.05, 3.63) is 0 Å². The molecule has 0 aromatic heterocycles. The number of hydrogen-bond donors (Lipinski definition) is 1. The van der Waals surface area contributed by atoms with Gasteiger partial charge in [0.2, 0.25) is 0 Å². The van der Waals surface area contributed by atoms with Crippen LogP contribution in [-0.2, 0) is 0 Å². The first kappa shape index (κ1) is 8.02. The van der Waals surface area contributed by atoms with Gasteiger partial charge in [0.1, 0.15) is 0 Å². The highest BCUT2D eigenvalue weighted by molar-refractivity contribution is 4.79. The zero-order valence-corrected chi connectivity index (χ0v) is 7.06. The van der Waals surface area contributed by atoms with Crippen LogP contribution < -0.4 is 5.32 Å². The molecule has 1 N–H and O–H groups in total. The van der Waals surface area contributed by atoms with Crippen LogP contribution in [0.2, 0.25) is 0 Å². The molecule has 60 valence electrons. The Bertz CT molecular complexity index is 85.3. The van der Waals surface area contributed by atoms with Crippen LogP contribution in [0, 0.1) is 0 Å². The lowest BCUT2D eigenvalue weighted by Crippen LogP contribution is -2.50. The third-order valence-corrected chi connectivity index (χ3v) is 2.30. The summed E-state index contributed by atoms with van der Waals surface area (Å²) in [6.07, 6.45) is 1.37. The van der Waals surface area contributed by atoms with Crippen molar-refractivity contribution in [3.63, 3.8) is 0 Å². The van der Waals surface area contributed by atoms with Gasteiger partial charge in [-0.25, -0.2) is 0 Å². The highest BCUT2D eigenvalue weighted by atomic mass is 15.2. The third kappa shape index (κ3) is 1.96. The van der Waals surface area contributed by atoms with E-state index in [1.165, 1.54) is 32.6 Å². The summed E-state index contributed by atoms with van der Waals surface area (Å²) < 4.78 is 0. The number of hydrogen-bond acceptors (Lipinski definition) is 2. The van der Waals surface area contributed by atoms with Crippen molar-refractivity contribution in [1.82, 2.24) is 10.2 Å². The van der Waals surface area contributed by atoms with E-state index in [9.17, 15) is 0 Å². The van der Waals surface area contributed by atoms with E-state index in [1.54, 1.807) is 0 Å². The summed E-state index contributed by atoms with van der Waals surface area (Å²) in [5, 5.41) is 3.40. The fraction of sp³-hybridized carbons (Fsp3) is 1.00. The fourth-order valence-corrected chi connectivity index (χ4v) is 1.30. The van der Waals surface area contributed by atoms with Crippen LogP contribution in [0.1, 0.15) is 20.3 Å². The minimum absolute atomic E-state index is 0.792. The van der Waals surface area contributed by atoms with Gasteiger partial charge in [0.25, 0.3) is 0 Å². The maximum Gasteiger partial charge on any atom is 0.0207 e. The van der Waals surface area contributed by atoms with E-state index in [0.29, 0.717) is 0 Å². The Morgan fingerprint density at radius 1 is 1.40 bits per heavy atom. The lowest BCUT2D eigenvalue weighted by Gasteiger charge is -2.32. The summed E-state index contributed by atoms with van der Waals surface area (Å²) in [4.78, 5) is 2.47. The summed E-state index contributed by atoms with van der Waals surface area (Å²) in [5.74, 6) is 0. The van der Waals surface area contributed by atoms with E-state index < -0.39 is 0 Å². The maximum absolute atomic E-state index is 3.40. The molecule has 0 bridgehead atoms. The van der Waals surface area contributed by atoms with Gasteiger partial charge in [-0.05, 0) is 26.1 Å². The largest absolute Gasteiger partial charge is 0.313 e. The molecule has 1 rings (SSSR count). The van der Waals surface area contributed by atoms with Crippen molar-refractivity contribution < 1.29 is 0 Å². The van der Waals surface area contributed by atoms with Gasteiger partial charge < -0.3 is 10.2 Å². The predicted molar refractivity (Wildman–Crippen MR) is 44.2 cm³/mol. The third-order valence-electron chi connectivity index (χ3n) is 2.30. The quantitative estimate of drug-likeness (QED) is 0.621. The minimum atomic E-state index is 0.792. The maximum atomic E-state index is 3.40. The predicted octanol–water partition coefficient (Wildman–Crippen LogP) is 0.690. The van der Waals surface area contributed by atoms with Crippen molar-refractivity contribution in [2.45, 2.75) is 26.3 Å². The zero-order chi connectivity index (χ0) is 7.40. The highest BCUT2D eigenvalue weighted by Gasteiger charge is 2.17. The molecule has 10 heavy (non-hydrogen) atoms. The molecule has 0 amide bonds. The molecule has 0 aliphatic carbocycles. The second kappa shape index (κ2) is 3.94. The monoisotopic (exact) mass is 142 g/mol. The molecule has 1 aliphatic heterocycles. The van der Waals surface area contributed by atoms with Crippen LogP contribution in [0.4, 0.5) is 0 Å². The molecule has 0 saturated carbocycles. The number of rotatable bonds is 4. The Morgan fingerprint density at radius 2 is 2.00 bits per heavy atom.